The van der Waals surface area contributed by atoms with Crippen LogP contribution in [0.4, 0.5) is 0 Å². The topological polar surface area (TPSA) is 93.1 Å². The van der Waals surface area contributed by atoms with E-state index in [0.717, 1.165) is 17.4 Å². The Labute approximate surface area is 177 Å². The van der Waals surface area contributed by atoms with Gasteiger partial charge < -0.3 is 19.7 Å². The summed E-state index contributed by atoms with van der Waals surface area (Å²) in [5.41, 5.74) is 1.58. The van der Waals surface area contributed by atoms with E-state index in [0.29, 0.717) is 5.56 Å². The Hall–Kier alpha value is -3.54. The van der Waals surface area contributed by atoms with Gasteiger partial charge >= 0.3 is 11.9 Å². The van der Waals surface area contributed by atoms with Crippen molar-refractivity contribution in [3.63, 3.8) is 0 Å². The molecule has 0 unspecified atom stereocenters. The van der Waals surface area contributed by atoms with Crippen LogP contribution in [0.15, 0.2) is 60.7 Å². The van der Waals surface area contributed by atoms with Crippen LogP contribution in [0.1, 0.15) is 38.8 Å². The molecular weight excluding hydrogens is 384 g/mol. The second-order valence-electron chi connectivity index (χ2n) is 6.82. The van der Waals surface area contributed by atoms with Crippen LogP contribution in [0.25, 0.3) is 12.2 Å². The molecule has 0 heterocycles. The highest BCUT2D eigenvalue weighted by molar-refractivity contribution is 5.87. The number of carboxylic acid groups (broad SMARTS) is 1. The fraction of sp³-hybridized carbons (Fsp3) is 0.250. The van der Waals surface area contributed by atoms with E-state index in [4.69, 9.17) is 19.7 Å². The van der Waals surface area contributed by atoms with E-state index in [2.05, 4.69) is 0 Å². The minimum Gasteiger partial charge on any atom is -0.508 e. The minimum atomic E-state index is -1.00. The molecule has 0 aliphatic heterocycles. The van der Waals surface area contributed by atoms with Crippen LogP contribution in [-0.4, -0.2) is 34.4 Å². The molecule has 0 atom stereocenters. The van der Waals surface area contributed by atoms with Gasteiger partial charge in [-0.2, -0.15) is 0 Å². The maximum atomic E-state index is 11.3. The Morgan fingerprint density at radius 2 is 1.47 bits per heavy atom. The fourth-order valence-corrected chi connectivity index (χ4v) is 2.20. The van der Waals surface area contributed by atoms with Gasteiger partial charge in [0.25, 0.3) is 0 Å². The summed E-state index contributed by atoms with van der Waals surface area (Å²) in [6.07, 6.45) is 5.62. The lowest BCUT2D eigenvalue weighted by atomic mass is 10.2. The standard InChI is InChI=1S/C15H20O3.C9H8O3/c1-11(2)17-14-7-5-6-13(10-14)8-9-15(16)18-12(3)4;10-8-3-1-2-7(6-8)4-5-9(11)12/h5-12H,1-4H3;1-6,10H,(H,11,12)/b9-8+;5-4+. The van der Waals surface area contributed by atoms with E-state index >= 15 is 0 Å². The third-order valence-electron chi connectivity index (χ3n) is 3.28. The van der Waals surface area contributed by atoms with E-state index < -0.39 is 5.97 Å². The minimum absolute atomic E-state index is 0.0993. The first kappa shape index (κ1) is 24.5. The molecule has 160 valence electrons. The van der Waals surface area contributed by atoms with Crippen molar-refractivity contribution in [1.29, 1.82) is 0 Å². The van der Waals surface area contributed by atoms with E-state index in [9.17, 15) is 9.59 Å². The van der Waals surface area contributed by atoms with Crippen molar-refractivity contribution in [2.75, 3.05) is 0 Å². The number of carbonyl (C=O) groups excluding carboxylic acids is 1. The Morgan fingerprint density at radius 3 is 2.03 bits per heavy atom. The van der Waals surface area contributed by atoms with Crippen LogP contribution in [0.2, 0.25) is 0 Å². The zero-order valence-corrected chi connectivity index (χ0v) is 17.6. The summed E-state index contributed by atoms with van der Waals surface area (Å²) in [5.74, 6) is -0.412. The molecule has 6 heteroatoms. The Kier molecular flexibility index (Phi) is 10.5. The van der Waals surface area contributed by atoms with Crippen LogP contribution < -0.4 is 4.74 Å². The summed E-state index contributed by atoms with van der Waals surface area (Å²) in [7, 11) is 0. The highest BCUT2D eigenvalue weighted by atomic mass is 16.5. The number of phenolic OH excluding ortho intramolecular Hbond substituents is 1. The van der Waals surface area contributed by atoms with Gasteiger partial charge in [-0.1, -0.05) is 24.3 Å². The molecule has 2 rings (SSSR count). The predicted molar refractivity (Wildman–Crippen MR) is 117 cm³/mol. The smallest absolute Gasteiger partial charge is 0.331 e. The van der Waals surface area contributed by atoms with Gasteiger partial charge in [0.2, 0.25) is 0 Å². The van der Waals surface area contributed by atoms with Crippen molar-refractivity contribution < 1.29 is 29.3 Å². The average Bonchev–Trinajstić information content (AvgIpc) is 2.65. The molecule has 0 fully saturated rings. The van der Waals surface area contributed by atoms with E-state index in [1.807, 2.05) is 52.0 Å². The third kappa shape index (κ3) is 11.3. The molecule has 2 N–H and O–H groups in total. The average molecular weight is 412 g/mol. The maximum Gasteiger partial charge on any atom is 0.331 e. The number of hydrogen-bond donors (Lipinski definition) is 2. The van der Waals surface area contributed by atoms with Gasteiger partial charge in [-0.3, -0.25) is 0 Å². The summed E-state index contributed by atoms with van der Waals surface area (Å²) >= 11 is 0. The molecule has 0 aliphatic carbocycles. The molecule has 0 spiro atoms. The Morgan fingerprint density at radius 1 is 0.867 bits per heavy atom. The number of aromatic hydroxyl groups is 1. The molecular formula is C24H28O6. The number of benzene rings is 2. The number of ether oxygens (including phenoxy) is 2. The van der Waals surface area contributed by atoms with Gasteiger partial charge in [0.1, 0.15) is 11.5 Å². The molecule has 0 aromatic heterocycles. The van der Waals surface area contributed by atoms with E-state index in [-0.39, 0.29) is 23.9 Å². The van der Waals surface area contributed by atoms with Crippen molar-refractivity contribution in [2.24, 2.45) is 0 Å². The summed E-state index contributed by atoms with van der Waals surface area (Å²) < 4.78 is 10.6. The first-order valence-corrected chi connectivity index (χ1v) is 9.51. The van der Waals surface area contributed by atoms with Crippen molar-refractivity contribution in [1.82, 2.24) is 0 Å². The number of carboxylic acids is 1. The molecule has 2 aromatic rings. The normalized spacial score (nSPS) is 10.9. The maximum absolute atomic E-state index is 11.3. The zero-order chi connectivity index (χ0) is 22.5. The monoisotopic (exact) mass is 412 g/mol. The van der Waals surface area contributed by atoms with Crippen LogP contribution >= 0.6 is 0 Å². The SMILES string of the molecule is CC(C)OC(=O)/C=C/c1cccc(OC(C)C)c1.O=C(O)/C=C/c1cccc(O)c1. The lowest BCUT2D eigenvalue weighted by Crippen LogP contribution is -2.08. The summed E-state index contributed by atoms with van der Waals surface area (Å²) in [6, 6.07) is 14.0. The number of carbonyl (C=O) groups is 2. The van der Waals surface area contributed by atoms with Crippen molar-refractivity contribution in [2.45, 2.75) is 39.9 Å². The molecule has 2 aromatic carbocycles. The molecule has 0 bridgehead atoms. The first-order chi connectivity index (χ1) is 14.2. The van der Waals surface area contributed by atoms with Crippen molar-refractivity contribution >= 4 is 24.1 Å². The molecule has 6 nitrogen and oxygen atoms in total. The largest absolute Gasteiger partial charge is 0.508 e. The second-order valence-corrected chi connectivity index (χ2v) is 6.82. The fourth-order valence-electron chi connectivity index (χ4n) is 2.20. The number of rotatable bonds is 7. The lowest BCUT2D eigenvalue weighted by molar-refractivity contribution is -0.141. The summed E-state index contributed by atoms with van der Waals surface area (Å²) in [5, 5.41) is 17.3. The predicted octanol–water partition coefficient (Wildman–Crippen LogP) is 4.93. The molecule has 0 radical (unpaired) electrons. The first-order valence-electron chi connectivity index (χ1n) is 9.51. The third-order valence-corrected chi connectivity index (χ3v) is 3.28. The van der Waals surface area contributed by atoms with Gasteiger partial charge in [0, 0.05) is 12.2 Å². The summed E-state index contributed by atoms with van der Waals surface area (Å²) in [6.45, 7) is 7.59. The quantitative estimate of drug-likeness (QED) is 0.495. The highest BCUT2D eigenvalue weighted by Gasteiger charge is 2.01. The van der Waals surface area contributed by atoms with Crippen LogP contribution in [0.3, 0.4) is 0 Å². The Bertz CT molecular complexity index is 881. The molecule has 0 saturated heterocycles. The van der Waals surface area contributed by atoms with Crippen LogP contribution in [0.5, 0.6) is 11.5 Å². The van der Waals surface area contributed by atoms with Crippen LogP contribution in [-0.2, 0) is 14.3 Å². The van der Waals surface area contributed by atoms with Gasteiger partial charge in [-0.05, 0) is 75.2 Å². The van der Waals surface area contributed by atoms with E-state index in [1.165, 1.54) is 24.3 Å². The molecule has 0 amide bonds. The Balaban J connectivity index is 0.000000325. The van der Waals surface area contributed by atoms with Crippen molar-refractivity contribution in [3.8, 4) is 11.5 Å². The van der Waals surface area contributed by atoms with Gasteiger partial charge in [-0.15, -0.1) is 0 Å². The number of esters is 1. The summed E-state index contributed by atoms with van der Waals surface area (Å²) in [4.78, 5) is 21.5. The van der Waals surface area contributed by atoms with Gasteiger partial charge in [0.15, 0.2) is 0 Å². The lowest BCUT2D eigenvalue weighted by Gasteiger charge is -2.09. The van der Waals surface area contributed by atoms with Gasteiger partial charge in [-0.25, -0.2) is 9.59 Å². The molecule has 30 heavy (non-hydrogen) atoms. The van der Waals surface area contributed by atoms with Crippen molar-refractivity contribution in [3.05, 3.63) is 71.8 Å². The highest BCUT2D eigenvalue weighted by Crippen LogP contribution is 2.16. The number of aliphatic carboxylic acids is 1. The molecule has 0 saturated carbocycles. The number of phenols is 1. The zero-order valence-electron chi connectivity index (χ0n) is 17.6. The van der Waals surface area contributed by atoms with Crippen LogP contribution in [0, 0.1) is 0 Å². The number of hydrogen-bond acceptors (Lipinski definition) is 5. The second kappa shape index (κ2) is 12.8. The van der Waals surface area contributed by atoms with Gasteiger partial charge in [0.05, 0.1) is 12.2 Å². The molecule has 0 aliphatic rings. The van der Waals surface area contributed by atoms with E-state index in [1.54, 1.807) is 18.2 Å².